The van der Waals surface area contributed by atoms with E-state index in [0.717, 1.165) is 0 Å². The van der Waals surface area contributed by atoms with E-state index < -0.39 is 21.9 Å². The summed E-state index contributed by atoms with van der Waals surface area (Å²) in [5.41, 5.74) is 1.98. The SMILES string of the molecule is COc1cc(C2c3c(-c4cc(Cl)ccc4O)n[nH]c3C(=O)N2C2CCS(=O)(=O)C2)ccc1O. The molecule has 2 unspecified atom stereocenters. The highest BCUT2D eigenvalue weighted by molar-refractivity contribution is 7.91. The van der Waals surface area contributed by atoms with Crippen LogP contribution in [0.25, 0.3) is 11.3 Å². The third kappa shape index (κ3) is 3.50. The van der Waals surface area contributed by atoms with Crippen LogP contribution >= 0.6 is 11.6 Å². The molecule has 9 nitrogen and oxygen atoms in total. The van der Waals surface area contributed by atoms with Gasteiger partial charge in [0, 0.05) is 22.2 Å². The Hall–Kier alpha value is -3.24. The molecule has 2 atom stereocenters. The third-order valence-corrected chi connectivity index (χ3v) is 8.12. The Bertz CT molecular complexity index is 1390. The number of ether oxygens (including phenoxy) is 1. The summed E-state index contributed by atoms with van der Waals surface area (Å²) in [6.45, 7) is 0. The summed E-state index contributed by atoms with van der Waals surface area (Å²) in [5.74, 6) is -0.445. The first-order valence-corrected chi connectivity index (χ1v) is 12.4. The van der Waals surface area contributed by atoms with Gasteiger partial charge in [-0.15, -0.1) is 0 Å². The van der Waals surface area contributed by atoms with Crippen molar-refractivity contribution < 1.29 is 28.2 Å². The highest BCUT2D eigenvalue weighted by Crippen LogP contribution is 2.47. The minimum absolute atomic E-state index is 0.00118. The van der Waals surface area contributed by atoms with Crippen LogP contribution in [-0.2, 0) is 9.84 Å². The Morgan fingerprint density at radius 2 is 1.94 bits per heavy atom. The van der Waals surface area contributed by atoms with E-state index in [9.17, 15) is 23.4 Å². The van der Waals surface area contributed by atoms with Gasteiger partial charge in [0.05, 0.1) is 24.7 Å². The second-order valence-electron chi connectivity index (χ2n) is 8.13. The number of hydrogen-bond acceptors (Lipinski definition) is 7. The molecule has 0 bridgehead atoms. The molecule has 3 N–H and O–H groups in total. The first-order chi connectivity index (χ1) is 15.7. The molecular weight excluding hydrogens is 470 g/mol. The highest BCUT2D eigenvalue weighted by atomic mass is 35.5. The number of hydrogen-bond donors (Lipinski definition) is 3. The quantitative estimate of drug-likeness (QED) is 0.513. The first-order valence-electron chi connectivity index (χ1n) is 10.2. The smallest absolute Gasteiger partial charge is 0.273 e. The zero-order valence-corrected chi connectivity index (χ0v) is 19.0. The summed E-state index contributed by atoms with van der Waals surface area (Å²) in [4.78, 5) is 15.0. The zero-order valence-electron chi connectivity index (χ0n) is 17.4. The van der Waals surface area contributed by atoms with Crippen LogP contribution in [0.15, 0.2) is 36.4 Å². The van der Waals surface area contributed by atoms with Crippen LogP contribution in [-0.4, -0.2) is 64.3 Å². The van der Waals surface area contributed by atoms with Crippen LogP contribution in [0.3, 0.4) is 0 Å². The number of rotatable bonds is 4. The summed E-state index contributed by atoms with van der Waals surface area (Å²) in [6.07, 6.45) is 0.315. The fourth-order valence-corrected chi connectivity index (χ4v) is 6.52. The van der Waals surface area contributed by atoms with Gasteiger partial charge in [0.2, 0.25) is 0 Å². The largest absolute Gasteiger partial charge is 0.507 e. The van der Waals surface area contributed by atoms with Gasteiger partial charge in [-0.2, -0.15) is 5.10 Å². The molecule has 1 fully saturated rings. The van der Waals surface area contributed by atoms with Crippen molar-refractivity contribution in [3.8, 4) is 28.5 Å². The van der Waals surface area contributed by atoms with Crippen molar-refractivity contribution >= 4 is 27.3 Å². The molecule has 11 heteroatoms. The number of carbonyl (C=O) groups is 1. The van der Waals surface area contributed by atoms with Crippen molar-refractivity contribution in [1.82, 2.24) is 15.1 Å². The van der Waals surface area contributed by atoms with Crippen LogP contribution in [0.5, 0.6) is 17.2 Å². The number of nitrogens with zero attached hydrogens (tertiary/aromatic N) is 2. The third-order valence-electron chi connectivity index (χ3n) is 6.14. The topological polar surface area (TPSA) is 133 Å². The Labute approximate surface area is 194 Å². The van der Waals surface area contributed by atoms with Gasteiger partial charge in [-0.25, -0.2) is 8.42 Å². The van der Waals surface area contributed by atoms with Crippen molar-refractivity contribution in [2.75, 3.05) is 18.6 Å². The minimum Gasteiger partial charge on any atom is -0.507 e. The molecular formula is C22H20ClN3O6S. The second kappa shape index (κ2) is 7.67. The van der Waals surface area contributed by atoms with E-state index in [0.29, 0.717) is 33.8 Å². The predicted octanol–water partition coefficient (Wildman–Crippen LogP) is 2.88. The summed E-state index contributed by atoms with van der Waals surface area (Å²) >= 11 is 6.15. The van der Waals surface area contributed by atoms with E-state index in [1.165, 1.54) is 25.3 Å². The Kier molecular flexibility index (Phi) is 5.02. The second-order valence-corrected chi connectivity index (χ2v) is 10.8. The number of benzene rings is 2. The molecule has 2 aliphatic rings. The number of phenolic OH excluding ortho intramolecular Hbond substituents is 2. The van der Waals surface area contributed by atoms with Crippen molar-refractivity contribution in [2.45, 2.75) is 18.5 Å². The molecule has 5 rings (SSSR count). The molecule has 3 heterocycles. The van der Waals surface area contributed by atoms with E-state index in [4.69, 9.17) is 16.3 Å². The van der Waals surface area contributed by atoms with Gasteiger partial charge in [0.15, 0.2) is 21.3 Å². The van der Waals surface area contributed by atoms with E-state index in [-0.39, 0.29) is 40.4 Å². The lowest BCUT2D eigenvalue weighted by molar-refractivity contribution is 0.0677. The normalized spacial score (nSPS) is 21.4. The van der Waals surface area contributed by atoms with Gasteiger partial charge < -0.3 is 19.8 Å². The Morgan fingerprint density at radius 1 is 1.18 bits per heavy atom. The standard InChI is InChI=1S/C22H20ClN3O6S/c1-32-17-8-11(2-4-16(17)28)21-18-19(14-9-12(23)3-5-15(14)27)24-25-20(18)22(29)26(21)13-6-7-33(30,31)10-13/h2-5,8-9,13,21,27-28H,6-7,10H2,1H3,(H,24,25). The average Bonchev–Trinajstić information content (AvgIpc) is 3.43. The fourth-order valence-electron chi connectivity index (χ4n) is 4.63. The zero-order chi connectivity index (χ0) is 23.5. The highest BCUT2D eigenvalue weighted by Gasteiger charge is 2.48. The molecule has 2 aromatic carbocycles. The molecule has 0 saturated carbocycles. The van der Waals surface area contributed by atoms with Crippen molar-refractivity contribution in [2.24, 2.45) is 0 Å². The molecule has 1 saturated heterocycles. The van der Waals surface area contributed by atoms with Crippen LogP contribution in [0.4, 0.5) is 0 Å². The number of carbonyl (C=O) groups excluding carboxylic acids is 1. The molecule has 3 aromatic rings. The number of methoxy groups -OCH3 is 1. The van der Waals surface area contributed by atoms with Crippen molar-refractivity contribution in [3.63, 3.8) is 0 Å². The molecule has 0 spiro atoms. The number of amides is 1. The van der Waals surface area contributed by atoms with Gasteiger partial charge in [-0.05, 0) is 42.3 Å². The van der Waals surface area contributed by atoms with E-state index in [1.807, 2.05) is 0 Å². The van der Waals surface area contributed by atoms with Gasteiger partial charge in [-0.1, -0.05) is 17.7 Å². The van der Waals surface area contributed by atoms with E-state index in [2.05, 4.69) is 10.2 Å². The van der Waals surface area contributed by atoms with E-state index >= 15 is 0 Å². The maximum atomic E-state index is 13.5. The maximum absolute atomic E-state index is 13.5. The number of nitrogens with one attached hydrogen (secondary N) is 1. The van der Waals surface area contributed by atoms with Crippen LogP contribution in [0.1, 0.15) is 34.1 Å². The molecule has 172 valence electrons. The number of H-pyrrole nitrogens is 1. The van der Waals surface area contributed by atoms with Gasteiger partial charge in [0.25, 0.3) is 5.91 Å². The number of aromatic nitrogens is 2. The van der Waals surface area contributed by atoms with Crippen LogP contribution in [0.2, 0.25) is 5.02 Å². The van der Waals surface area contributed by atoms with E-state index in [1.54, 1.807) is 23.1 Å². The van der Waals surface area contributed by atoms with Crippen LogP contribution in [0, 0.1) is 0 Å². The monoisotopic (exact) mass is 489 g/mol. The van der Waals surface area contributed by atoms with Gasteiger partial charge >= 0.3 is 0 Å². The number of sulfone groups is 1. The lowest BCUT2D eigenvalue weighted by Crippen LogP contribution is -2.40. The first kappa shape index (κ1) is 21.6. The average molecular weight is 490 g/mol. The van der Waals surface area contributed by atoms with Gasteiger partial charge in [-0.3, -0.25) is 9.89 Å². The lowest BCUT2D eigenvalue weighted by Gasteiger charge is -2.31. The summed E-state index contributed by atoms with van der Waals surface area (Å²) < 4.78 is 29.7. The predicted molar refractivity (Wildman–Crippen MR) is 120 cm³/mol. The fraction of sp³-hybridized carbons (Fsp3) is 0.273. The Balaban J connectivity index is 1.72. The summed E-state index contributed by atoms with van der Waals surface area (Å²) in [7, 11) is -1.85. The molecule has 0 aliphatic carbocycles. The number of halogens is 1. The molecule has 0 radical (unpaired) electrons. The van der Waals surface area contributed by atoms with Crippen molar-refractivity contribution in [1.29, 1.82) is 0 Å². The minimum atomic E-state index is -3.27. The number of aromatic hydroxyl groups is 2. The summed E-state index contributed by atoms with van der Waals surface area (Å²) in [5, 5.41) is 28.0. The molecule has 2 aliphatic heterocycles. The number of aromatic amines is 1. The van der Waals surface area contributed by atoms with Gasteiger partial charge in [0.1, 0.15) is 17.1 Å². The Morgan fingerprint density at radius 3 is 2.64 bits per heavy atom. The lowest BCUT2D eigenvalue weighted by atomic mass is 9.94. The molecule has 1 aromatic heterocycles. The molecule has 33 heavy (non-hydrogen) atoms. The number of phenols is 2. The maximum Gasteiger partial charge on any atom is 0.273 e. The van der Waals surface area contributed by atoms with Crippen LogP contribution < -0.4 is 4.74 Å². The number of fused-ring (bicyclic) bond motifs is 1. The van der Waals surface area contributed by atoms with Crippen molar-refractivity contribution in [3.05, 3.63) is 58.2 Å². The summed E-state index contributed by atoms with van der Waals surface area (Å²) in [6, 6.07) is 7.99. The molecule has 1 amide bonds.